The van der Waals surface area contributed by atoms with Gasteiger partial charge in [-0.3, -0.25) is 0 Å². The Hall–Kier alpha value is -0.963. The summed E-state index contributed by atoms with van der Waals surface area (Å²) < 4.78 is 5.66. The van der Waals surface area contributed by atoms with E-state index in [0.717, 1.165) is 5.75 Å². The van der Waals surface area contributed by atoms with Crippen LogP contribution in [0.1, 0.15) is 0 Å². The number of hydrogen-bond donors (Lipinski definition) is 1. The molecule has 0 spiro atoms. The van der Waals surface area contributed by atoms with Gasteiger partial charge in [0.25, 0.3) is 0 Å². The van der Waals surface area contributed by atoms with E-state index in [1.54, 1.807) is 18.2 Å². The van der Waals surface area contributed by atoms with Crippen LogP contribution >= 0.6 is 0 Å². The lowest BCUT2D eigenvalue weighted by atomic mass is 10.3. The molecular weight excluding hydrogens is 168 g/mol. The second-order valence-electron chi connectivity index (χ2n) is 3.71. The summed E-state index contributed by atoms with van der Waals surface area (Å²) in [6.45, 7) is 6.32. The minimum Gasteiger partial charge on any atom is -0.544 e. The van der Waals surface area contributed by atoms with Crippen molar-refractivity contribution in [2.24, 2.45) is 0 Å². The molecule has 3 heteroatoms. The van der Waals surface area contributed by atoms with Gasteiger partial charge >= 0.3 is 0 Å². The number of aromatic hydroxyl groups is 1. The fourth-order valence-corrected chi connectivity index (χ4v) is 1.73. The van der Waals surface area contributed by atoms with Gasteiger partial charge in [0.15, 0.2) is 0 Å². The van der Waals surface area contributed by atoms with Crippen LogP contribution in [0.4, 0.5) is 0 Å². The zero-order valence-corrected chi connectivity index (χ0v) is 8.66. The molecule has 2 nitrogen and oxygen atoms in total. The molecule has 0 radical (unpaired) electrons. The van der Waals surface area contributed by atoms with E-state index >= 15 is 0 Å². The first-order chi connectivity index (χ1) is 5.47. The molecule has 66 valence electrons. The Bertz CT molecular complexity index is 265. The van der Waals surface area contributed by atoms with E-state index in [1.165, 1.54) is 0 Å². The van der Waals surface area contributed by atoms with Crippen LogP contribution in [0.5, 0.6) is 11.5 Å². The fourth-order valence-electron chi connectivity index (χ4n) is 0.901. The second-order valence-corrected chi connectivity index (χ2v) is 8.14. The van der Waals surface area contributed by atoms with Crippen molar-refractivity contribution in [1.82, 2.24) is 0 Å². The minimum absolute atomic E-state index is 0.255. The molecule has 1 N–H and O–H groups in total. The fraction of sp³-hybridized carbons (Fsp3) is 0.333. The molecule has 0 saturated carbocycles. The first-order valence-corrected chi connectivity index (χ1v) is 7.36. The van der Waals surface area contributed by atoms with E-state index in [9.17, 15) is 0 Å². The molecule has 0 aliphatic heterocycles. The van der Waals surface area contributed by atoms with E-state index < -0.39 is 8.32 Å². The predicted molar refractivity (Wildman–Crippen MR) is 52.1 cm³/mol. The number of benzene rings is 1. The standard InChI is InChI=1S/C9H14O2Si/c1-12(2,3)11-9-6-4-5-8(10)7-9/h4-7,10H,1-3H3. The molecule has 0 bridgehead atoms. The average molecular weight is 182 g/mol. The molecule has 0 heterocycles. The lowest BCUT2D eigenvalue weighted by molar-refractivity contribution is 0.469. The van der Waals surface area contributed by atoms with Gasteiger partial charge in [-0.15, -0.1) is 0 Å². The third kappa shape index (κ3) is 2.96. The van der Waals surface area contributed by atoms with Gasteiger partial charge in [0.05, 0.1) is 0 Å². The van der Waals surface area contributed by atoms with E-state index in [1.807, 2.05) is 6.07 Å². The average Bonchev–Trinajstić information content (AvgIpc) is 1.82. The van der Waals surface area contributed by atoms with Crippen molar-refractivity contribution in [1.29, 1.82) is 0 Å². The van der Waals surface area contributed by atoms with Crippen LogP contribution in [0.2, 0.25) is 19.6 Å². The quantitative estimate of drug-likeness (QED) is 0.712. The van der Waals surface area contributed by atoms with Crippen LogP contribution in [0.3, 0.4) is 0 Å². The van der Waals surface area contributed by atoms with E-state index in [2.05, 4.69) is 19.6 Å². The van der Waals surface area contributed by atoms with Crippen molar-refractivity contribution in [3.05, 3.63) is 24.3 Å². The lowest BCUT2D eigenvalue weighted by Crippen LogP contribution is -2.29. The molecule has 1 aromatic rings. The van der Waals surface area contributed by atoms with Crippen molar-refractivity contribution in [2.75, 3.05) is 0 Å². The largest absolute Gasteiger partial charge is 0.544 e. The van der Waals surface area contributed by atoms with Crippen molar-refractivity contribution < 1.29 is 9.53 Å². The Kier molecular flexibility index (Phi) is 2.42. The Morgan fingerprint density at radius 1 is 1.25 bits per heavy atom. The van der Waals surface area contributed by atoms with Gasteiger partial charge in [-0.1, -0.05) is 6.07 Å². The highest BCUT2D eigenvalue weighted by molar-refractivity contribution is 6.70. The Morgan fingerprint density at radius 2 is 1.92 bits per heavy atom. The van der Waals surface area contributed by atoms with Crippen LogP contribution in [0, 0.1) is 0 Å². The van der Waals surface area contributed by atoms with Gasteiger partial charge in [-0.05, 0) is 31.8 Å². The normalized spacial score (nSPS) is 11.2. The smallest absolute Gasteiger partial charge is 0.242 e. The third-order valence-electron chi connectivity index (χ3n) is 1.24. The molecule has 0 saturated heterocycles. The van der Waals surface area contributed by atoms with Crippen LogP contribution in [-0.4, -0.2) is 13.4 Å². The Labute approximate surface area is 73.9 Å². The monoisotopic (exact) mass is 182 g/mol. The highest BCUT2D eigenvalue weighted by atomic mass is 28.4. The summed E-state index contributed by atoms with van der Waals surface area (Å²) in [5.41, 5.74) is 0. The molecule has 12 heavy (non-hydrogen) atoms. The summed E-state index contributed by atoms with van der Waals surface area (Å²) in [6.07, 6.45) is 0. The molecule has 0 aromatic heterocycles. The Morgan fingerprint density at radius 3 is 2.42 bits per heavy atom. The summed E-state index contributed by atoms with van der Waals surface area (Å²) >= 11 is 0. The third-order valence-corrected chi connectivity index (χ3v) is 2.09. The van der Waals surface area contributed by atoms with Crippen molar-refractivity contribution in [3.63, 3.8) is 0 Å². The molecule has 0 aliphatic carbocycles. The highest BCUT2D eigenvalue weighted by Crippen LogP contribution is 2.20. The molecule has 1 aromatic carbocycles. The van der Waals surface area contributed by atoms with Gasteiger partial charge < -0.3 is 9.53 Å². The molecule has 0 unspecified atom stereocenters. The van der Waals surface area contributed by atoms with Crippen molar-refractivity contribution in [2.45, 2.75) is 19.6 Å². The number of phenolic OH excluding ortho intramolecular Hbond substituents is 1. The zero-order valence-electron chi connectivity index (χ0n) is 7.66. The van der Waals surface area contributed by atoms with Gasteiger partial charge in [-0.25, -0.2) is 0 Å². The van der Waals surface area contributed by atoms with Gasteiger partial charge in [0.1, 0.15) is 11.5 Å². The maximum atomic E-state index is 9.15. The molecule has 0 fully saturated rings. The maximum Gasteiger partial charge on any atom is 0.242 e. The zero-order chi connectivity index (χ0) is 9.19. The summed E-state index contributed by atoms with van der Waals surface area (Å²) in [5, 5.41) is 9.15. The molecule has 0 atom stereocenters. The van der Waals surface area contributed by atoms with E-state index in [4.69, 9.17) is 9.53 Å². The minimum atomic E-state index is -1.53. The number of rotatable bonds is 2. The molecule has 0 amide bonds. The maximum absolute atomic E-state index is 9.15. The SMILES string of the molecule is C[Si](C)(C)Oc1cccc(O)c1. The van der Waals surface area contributed by atoms with Crippen LogP contribution in [-0.2, 0) is 0 Å². The lowest BCUT2D eigenvalue weighted by Gasteiger charge is -2.18. The summed E-state index contributed by atoms with van der Waals surface area (Å²) in [5.74, 6) is 1.01. The first-order valence-electron chi connectivity index (χ1n) is 3.95. The summed E-state index contributed by atoms with van der Waals surface area (Å²) in [7, 11) is -1.53. The van der Waals surface area contributed by atoms with Crippen molar-refractivity contribution >= 4 is 8.32 Å². The van der Waals surface area contributed by atoms with Gasteiger partial charge in [-0.2, -0.15) is 0 Å². The number of hydrogen-bond acceptors (Lipinski definition) is 2. The van der Waals surface area contributed by atoms with Gasteiger partial charge in [0.2, 0.25) is 8.32 Å². The van der Waals surface area contributed by atoms with Crippen molar-refractivity contribution in [3.8, 4) is 11.5 Å². The molecular formula is C9H14O2Si. The van der Waals surface area contributed by atoms with Crippen LogP contribution in [0.25, 0.3) is 0 Å². The van der Waals surface area contributed by atoms with Gasteiger partial charge in [0, 0.05) is 6.07 Å². The first kappa shape index (κ1) is 9.13. The van der Waals surface area contributed by atoms with E-state index in [0.29, 0.717) is 0 Å². The van der Waals surface area contributed by atoms with Crippen LogP contribution < -0.4 is 4.43 Å². The second kappa shape index (κ2) is 3.19. The highest BCUT2D eigenvalue weighted by Gasteiger charge is 2.15. The summed E-state index contributed by atoms with van der Waals surface area (Å²) in [6, 6.07) is 6.91. The Balaban J connectivity index is 2.77. The predicted octanol–water partition coefficient (Wildman–Crippen LogP) is 2.61. The molecule has 0 aliphatic rings. The number of phenols is 1. The summed E-state index contributed by atoms with van der Waals surface area (Å²) in [4.78, 5) is 0. The topological polar surface area (TPSA) is 29.5 Å². The van der Waals surface area contributed by atoms with Crippen LogP contribution in [0.15, 0.2) is 24.3 Å². The molecule has 1 rings (SSSR count). The van der Waals surface area contributed by atoms with E-state index in [-0.39, 0.29) is 5.75 Å².